The van der Waals surface area contributed by atoms with Gasteiger partial charge in [-0.25, -0.2) is 14.2 Å². The molecule has 0 atom stereocenters. The summed E-state index contributed by atoms with van der Waals surface area (Å²) in [6, 6.07) is 6.24. The van der Waals surface area contributed by atoms with Gasteiger partial charge in [0.05, 0.1) is 11.1 Å². The molecule has 1 aromatic heterocycles. The minimum Gasteiger partial charge on any atom is -0.478 e. The van der Waals surface area contributed by atoms with Crippen LogP contribution < -0.4 is 0 Å². The molecule has 0 fully saturated rings. The van der Waals surface area contributed by atoms with Crippen molar-refractivity contribution in [2.75, 3.05) is 0 Å². The Morgan fingerprint density at radius 1 is 1.13 bits per heavy atom. The molecule has 0 radical (unpaired) electrons. The van der Waals surface area contributed by atoms with Crippen molar-refractivity contribution in [3.8, 4) is 11.5 Å². The molecule has 1 heterocycles. The molecule has 0 aliphatic heterocycles. The highest BCUT2D eigenvalue weighted by molar-refractivity contribution is 5.92. The van der Waals surface area contributed by atoms with Gasteiger partial charge >= 0.3 is 12.1 Å². The van der Waals surface area contributed by atoms with Crippen LogP contribution in [0.15, 0.2) is 40.8 Å². The number of carboxylic acid groups (broad SMARTS) is 1. The summed E-state index contributed by atoms with van der Waals surface area (Å²) >= 11 is 0. The van der Waals surface area contributed by atoms with Crippen molar-refractivity contribution < 1.29 is 31.9 Å². The zero-order chi connectivity index (χ0) is 16.8. The first kappa shape index (κ1) is 15.0. The molecule has 8 heteroatoms. The largest absolute Gasteiger partial charge is 0.478 e. The number of aromatic nitrogens is 1. The zero-order valence-electron chi connectivity index (χ0n) is 11.2. The highest BCUT2D eigenvalue weighted by Crippen LogP contribution is 2.34. The molecule has 0 spiro atoms. The summed E-state index contributed by atoms with van der Waals surface area (Å²) in [4.78, 5) is 14.9. The standard InChI is InChI=1S/C15H7F4NO3/c16-10-5-7(1-3-9(10)15(17,18)19)13-20-11-4-2-8(14(21)22)6-12(11)23-13/h1-6H,(H,21,22). The van der Waals surface area contributed by atoms with E-state index in [-0.39, 0.29) is 22.6 Å². The SMILES string of the molecule is O=C(O)c1ccc2nc(-c3ccc(C(F)(F)F)c(F)c3)oc2c1. The summed E-state index contributed by atoms with van der Waals surface area (Å²) in [5, 5.41) is 8.89. The number of alkyl halides is 3. The number of nitrogens with zero attached hydrogens (tertiary/aromatic N) is 1. The summed E-state index contributed by atoms with van der Waals surface area (Å²) < 4.78 is 56.5. The molecular formula is C15H7F4NO3. The number of rotatable bonds is 2. The van der Waals surface area contributed by atoms with Gasteiger partial charge in [0, 0.05) is 5.56 Å². The summed E-state index contributed by atoms with van der Waals surface area (Å²) in [5.74, 6) is -2.70. The smallest absolute Gasteiger partial charge is 0.419 e. The molecule has 0 amide bonds. The quantitative estimate of drug-likeness (QED) is 0.712. The number of halogens is 4. The van der Waals surface area contributed by atoms with Crippen LogP contribution in [-0.4, -0.2) is 16.1 Å². The lowest BCUT2D eigenvalue weighted by atomic mass is 10.1. The average molecular weight is 325 g/mol. The molecule has 0 bridgehead atoms. The number of fused-ring (bicyclic) bond motifs is 1. The molecule has 0 unspecified atom stereocenters. The van der Waals surface area contributed by atoms with Crippen molar-refractivity contribution in [1.29, 1.82) is 0 Å². The molecule has 3 rings (SSSR count). The van der Waals surface area contributed by atoms with Crippen LogP contribution in [0.25, 0.3) is 22.6 Å². The van der Waals surface area contributed by atoms with Crippen LogP contribution in [-0.2, 0) is 6.18 Å². The van der Waals surface area contributed by atoms with E-state index in [4.69, 9.17) is 9.52 Å². The number of carboxylic acids is 1. The van der Waals surface area contributed by atoms with E-state index in [2.05, 4.69) is 4.98 Å². The Hall–Kier alpha value is -2.90. The van der Waals surface area contributed by atoms with Crippen molar-refractivity contribution in [2.24, 2.45) is 0 Å². The van der Waals surface area contributed by atoms with Crippen LogP contribution in [0.2, 0.25) is 0 Å². The Morgan fingerprint density at radius 2 is 1.87 bits per heavy atom. The van der Waals surface area contributed by atoms with Gasteiger partial charge in [-0.2, -0.15) is 13.2 Å². The van der Waals surface area contributed by atoms with Gasteiger partial charge in [0.15, 0.2) is 5.58 Å². The number of carbonyl (C=O) groups is 1. The van der Waals surface area contributed by atoms with Gasteiger partial charge in [0.1, 0.15) is 11.3 Å². The maximum atomic E-state index is 13.6. The van der Waals surface area contributed by atoms with Gasteiger partial charge in [-0.15, -0.1) is 0 Å². The Bertz CT molecular complexity index is 915. The van der Waals surface area contributed by atoms with Gasteiger partial charge in [-0.1, -0.05) is 0 Å². The topological polar surface area (TPSA) is 63.3 Å². The molecule has 118 valence electrons. The van der Waals surface area contributed by atoms with E-state index in [1.807, 2.05) is 0 Å². The van der Waals surface area contributed by atoms with E-state index in [1.54, 1.807) is 0 Å². The molecular weight excluding hydrogens is 318 g/mol. The third-order valence-electron chi connectivity index (χ3n) is 3.16. The van der Waals surface area contributed by atoms with Crippen LogP contribution in [0.5, 0.6) is 0 Å². The van der Waals surface area contributed by atoms with Crippen LogP contribution in [0.3, 0.4) is 0 Å². The molecule has 3 aromatic rings. The van der Waals surface area contributed by atoms with Crippen molar-refractivity contribution in [1.82, 2.24) is 4.98 Å². The molecule has 0 aliphatic rings. The Kier molecular flexibility index (Phi) is 3.32. The fraction of sp³-hybridized carbons (Fsp3) is 0.0667. The number of aromatic carboxylic acids is 1. The van der Waals surface area contributed by atoms with E-state index in [1.165, 1.54) is 18.2 Å². The Morgan fingerprint density at radius 3 is 2.48 bits per heavy atom. The summed E-state index contributed by atoms with van der Waals surface area (Å²) in [6.07, 6.45) is -4.79. The van der Waals surface area contributed by atoms with Crippen LogP contribution in [0.4, 0.5) is 17.6 Å². The van der Waals surface area contributed by atoms with E-state index >= 15 is 0 Å². The fourth-order valence-corrected chi connectivity index (χ4v) is 2.06. The van der Waals surface area contributed by atoms with E-state index < -0.39 is 23.5 Å². The molecule has 1 N–H and O–H groups in total. The molecule has 0 saturated heterocycles. The van der Waals surface area contributed by atoms with Gasteiger partial charge < -0.3 is 9.52 Å². The second kappa shape index (κ2) is 5.08. The van der Waals surface area contributed by atoms with Gasteiger partial charge in [0.2, 0.25) is 5.89 Å². The maximum Gasteiger partial charge on any atom is 0.419 e. The van der Waals surface area contributed by atoms with Crippen molar-refractivity contribution >= 4 is 17.1 Å². The first-order valence-corrected chi connectivity index (χ1v) is 6.27. The summed E-state index contributed by atoms with van der Waals surface area (Å²) in [5.41, 5.74) is -0.946. The minimum atomic E-state index is -4.79. The monoisotopic (exact) mass is 325 g/mol. The third kappa shape index (κ3) is 2.75. The number of benzene rings is 2. The Labute approximate surface area is 126 Å². The van der Waals surface area contributed by atoms with Crippen molar-refractivity contribution in [3.05, 3.63) is 53.3 Å². The number of hydrogen-bond donors (Lipinski definition) is 1. The van der Waals surface area contributed by atoms with Gasteiger partial charge in [-0.3, -0.25) is 0 Å². The second-order valence-corrected chi connectivity index (χ2v) is 4.70. The molecule has 2 aromatic carbocycles. The lowest BCUT2D eigenvalue weighted by Crippen LogP contribution is -2.07. The van der Waals surface area contributed by atoms with E-state index in [0.29, 0.717) is 17.6 Å². The first-order chi connectivity index (χ1) is 10.8. The van der Waals surface area contributed by atoms with Crippen LogP contribution in [0.1, 0.15) is 15.9 Å². The lowest BCUT2D eigenvalue weighted by molar-refractivity contribution is -0.139. The maximum absolute atomic E-state index is 13.6. The van der Waals surface area contributed by atoms with Crippen LogP contribution >= 0.6 is 0 Å². The second-order valence-electron chi connectivity index (χ2n) is 4.70. The predicted molar refractivity (Wildman–Crippen MR) is 71.4 cm³/mol. The summed E-state index contributed by atoms with van der Waals surface area (Å²) in [7, 11) is 0. The Balaban J connectivity index is 2.06. The fourth-order valence-electron chi connectivity index (χ4n) is 2.06. The normalized spacial score (nSPS) is 11.8. The highest BCUT2D eigenvalue weighted by Gasteiger charge is 2.34. The van der Waals surface area contributed by atoms with Gasteiger partial charge in [-0.05, 0) is 36.4 Å². The lowest BCUT2D eigenvalue weighted by Gasteiger charge is -2.07. The van der Waals surface area contributed by atoms with E-state index in [0.717, 1.165) is 6.07 Å². The summed E-state index contributed by atoms with van der Waals surface area (Å²) in [6.45, 7) is 0. The third-order valence-corrected chi connectivity index (χ3v) is 3.16. The highest BCUT2D eigenvalue weighted by atomic mass is 19.4. The minimum absolute atomic E-state index is 0.0172. The molecule has 23 heavy (non-hydrogen) atoms. The first-order valence-electron chi connectivity index (χ1n) is 6.27. The van der Waals surface area contributed by atoms with Crippen molar-refractivity contribution in [3.63, 3.8) is 0 Å². The molecule has 4 nitrogen and oxygen atoms in total. The predicted octanol–water partition coefficient (Wildman–Crippen LogP) is 4.35. The number of hydrogen-bond acceptors (Lipinski definition) is 3. The van der Waals surface area contributed by atoms with E-state index in [9.17, 15) is 22.4 Å². The van der Waals surface area contributed by atoms with Gasteiger partial charge in [0.25, 0.3) is 0 Å². The molecule has 0 saturated carbocycles. The average Bonchev–Trinajstić information content (AvgIpc) is 2.88. The van der Waals surface area contributed by atoms with Crippen LogP contribution in [0, 0.1) is 5.82 Å². The van der Waals surface area contributed by atoms with Crippen molar-refractivity contribution in [2.45, 2.75) is 6.18 Å². The zero-order valence-corrected chi connectivity index (χ0v) is 11.2. The number of oxazole rings is 1. The molecule has 0 aliphatic carbocycles.